The van der Waals surface area contributed by atoms with Crippen LogP contribution in [0.25, 0.3) is 11.6 Å². The van der Waals surface area contributed by atoms with Crippen LogP contribution in [0.2, 0.25) is 0 Å². The Morgan fingerprint density at radius 2 is 1.71 bits per heavy atom. The Bertz CT molecular complexity index is 720. The first-order valence-corrected chi connectivity index (χ1v) is 8.12. The second-order valence-electron chi connectivity index (χ2n) is 4.55. The van der Waals surface area contributed by atoms with Gasteiger partial charge in [0.2, 0.25) is 0 Å². The molecule has 5 heteroatoms. The second kappa shape index (κ2) is 6.65. The summed E-state index contributed by atoms with van der Waals surface area (Å²) >= 11 is 0. The normalized spacial score (nSPS) is 12.4. The molecular formula is C16H15FO3S. The standard InChI is InChI=1S/C16H15FO3S/c1-21(18,19)20-12-15(11-13-5-3-2-4-6-13)14-7-9-16(17)10-8-14/h2-11H,12H2,1H3. The van der Waals surface area contributed by atoms with Gasteiger partial charge in [0.1, 0.15) is 5.82 Å². The Morgan fingerprint density at radius 3 is 2.29 bits per heavy atom. The topological polar surface area (TPSA) is 43.4 Å². The highest BCUT2D eigenvalue weighted by Gasteiger charge is 2.08. The zero-order chi connectivity index (χ0) is 15.3. The van der Waals surface area contributed by atoms with Crippen LogP contribution in [0.1, 0.15) is 11.1 Å². The van der Waals surface area contributed by atoms with Gasteiger partial charge in [0.05, 0.1) is 12.9 Å². The molecule has 0 amide bonds. The Balaban J connectivity index is 2.34. The van der Waals surface area contributed by atoms with E-state index >= 15 is 0 Å². The summed E-state index contributed by atoms with van der Waals surface area (Å²) in [6, 6.07) is 15.3. The van der Waals surface area contributed by atoms with Gasteiger partial charge in [-0.15, -0.1) is 0 Å². The van der Waals surface area contributed by atoms with Gasteiger partial charge in [-0.25, -0.2) is 4.39 Å². The fourth-order valence-electron chi connectivity index (χ4n) is 1.79. The van der Waals surface area contributed by atoms with Crippen molar-refractivity contribution in [3.63, 3.8) is 0 Å². The van der Waals surface area contributed by atoms with Crippen LogP contribution in [0.3, 0.4) is 0 Å². The summed E-state index contributed by atoms with van der Waals surface area (Å²) in [6.07, 6.45) is 2.82. The van der Waals surface area contributed by atoms with E-state index in [1.165, 1.54) is 12.1 Å². The van der Waals surface area contributed by atoms with E-state index in [2.05, 4.69) is 0 Å². The van der Waals surface area contributed by atoms with E-state index in [9.17, 15) is 12.8 Å². The predicted octanol–water partition coefficient (Wildman–Crippen LogP) is 3.34. The number of hydrogen-bond donors (Lipinski definition) is 0. The van der Waals surface area contributed by atoms with Crippen molar-refractivity contribution in [2.45, 2.75) is 0 Å². The Morgan fingerprint density at radius 1 is 1.10 bits per heavy atom. The summed E-state index contributed by atoms with van der Waals surface area (Å²) in [5.74, 6) is -0.346. The molecule has 0 spiro atoms. The fraction of sp³-hybridized carbons (Fsp3) is 0.125. The highest BCUT2D eigenvalue weighted by molar-refractivity contribution is 7.86. The average molecular weight is 306 g/mol. The van der Waals surface area contributed by atoms with Crippen molar-refractivity contribution in [2.24, 2.45) is 0 Å². The molecule has 0 atom stereocenters. The lowest BCUT2D eigenvalue weighted by atomic mass is 10.0. The van der Waals surface area contributed by atoms with Crippen molar-refractivity contribution in [1.29, 1.82) is 0 Å². The largest absolute Gasteiger partial charge is 0.265 e. The molecular weight excluding hydrogens is 291 g/mol. The quantitative estimate of drug-likeness (QED) is 0.628. The number of halogens is 1. The molecule has 0 fully saturated rings. The third-order valence-corrected chi connectivity index (χ3v) is 3.33. The van der Waals surface area contributed by atoms with Crippen LogP contribution in [0.5, 0.6) is 0 Å². The van der Waals surface area contributed by atoms with Crippen molar-refractivity contribution in [2.75, 3.05) is 12.9 Å². The van der Waals surface area contributed by atoms with Crippen LogP contribution in [0.15, 0.2) is 54.6 Å². The molecule has 0 saturated heterocycles. The molecule has 21 heavy (non-hydrogen) atoms. The van der Waals surface area contributed by atoms with Crippen LogP contribution in [0.4, 0.5) is 4.39 Å². The monoisotopic (exact) mass is 306 g/mol. The maximum Gasteiger partial charge on any atom is 0.264 e. The maximum atomic E-state index is 13.0. The smallest absolute Gasteiger partial charge is 0.264 e. The molecule has 3 nitrogen and oxygen atoms in total. The lowest BCUT2D eigenvalue weighted by Crippen LogP contribution is -2.05. The number of rotatable bonds is 5. The summed E-state index contributed by atoms with van der Waals surface area (Å²) in [5.41, 5.74) is 2.28. The summed E-state index contributed by atoms with van der Waals surface area (Å²) in [6.45, 7) is -0.0979. The van der Waals surface area contributed by atoms with E-state index in [1.54, 1.807) is 12.1 Å². The van der Waals surface area contributed by atoms with Gasteiger partial charge in [0, 0.05) is 0 Å². The van der Waals surface area contributed by atoms with Crippen LogP contribution in [0, 0.1) is 5.82 Å². The van der Waals surface area contributed by atoms with Crippen molar-refractivity contribution in [1.82, 2.24) is 0 Å². The SMILES string of the molecule is CS(=O)(=O)OCC(=Cc1ccccc1)c1ccc(F)cc1. The number of hydrogen-bond acceptors (Lipinski definition) is 3. The number of benzene rings is 2. The van der Waals surface area contributed by atoms with Gasteiger partial charge >= 0.3 is 0 Å². The van der Waals surface area contributed by atoms with Gasteiger partial charge in [-0.1, -0.05) is 42.5 Å². The average Bonchev–Trinajstić information content (AvgIpc) is 2.45. The fourth-order valence-corrected chi connectivity index (χ4v) is 2.13. The van der Waals surface area contributed by atoms with Gasteiger partial charge in [-0.2, -0.15) is 8.42 Å². The van der Waals surface area contributed by atoms with Crippen molar-refractivity contribution in [3.8, 4) is 0 Å². The first-order valence-electron chi connectivity index (χ1n) is 6.30. The van der Waals surface area contributed by atoms with Crippen molar-refractivity contribution < 1.29 is 17.0 Å². The molecule has 2 rings (SSSR count). The zero-order valence-corrected chi connectivity index (χ0v) is 12.3. The molecule has 110 valence electrons. The van der Waals surface area contributed by atoms with Crippen LogP contribution < -0.4 is 0 Å². The molecule has 0 radical (unpaired) electrons. The van der Waals surface area contributed by atoms with E-state index in [4.69, 9.17) is 4.18 Å². The molecule has 0 aliphatic rings. The van der Waals surface area contributed by atoms with Gasteiger partial charge in [-0.05, 0) is 34.9 Å². The third kappa shape index (κ3) is 5.13. The van der Waals surface area contributed by atoms with E-state index in [1.807, 2.05) is 36.4 Å². The lowest BCUT2D eigenvalue weighted by molar-refractivity contribution is 0.368. The van der Waals surface area contributed by atoms with Gasteiger partial charge < -0.3 is 0 Å². The highest BCUT2D eigenvalue weighted by atomic mass is 32.2. The van der Waals surface area contributed by atoms with Crippen LogP contribution in [-0.2, 0) is 14.3 Å². The second-order valence-corrected chi connectivity index (χ2v) is 6.20. The van der Waals surface area contributed by atoms with Crippen molar-refractivity contribution >= 4 is 21.8 Å². The Kier molecular flexibility index (Phi) is 4.88. The summed E-state index contributed by atoms with van der Waals surface area (Å²) in [7, 11) is -3.54. The minimum absolute atomic E-state index is 0.0979. The summed E-state index contributed by atoms with van der Waals surface area (Å²) in [5, 5.41) is 0. The molecule has 0 aromatic heterocycles. The van der Waals surface area contributed by atoms with E-state index in [0.29, 0.717) is 11.1 Å². The molecule has 0 unspecified atom stereocenters. The Hall–Kier alpha value is -1.98. The molecule has 2 aromatic carbocycles. The predicted molar refractivity (Wildman–Crippen MR) is 81.5 cm³/mol. The van der Waals surface area contributed by atoms with Crippen LogP contribution >= 0.6 is 0 Å². The molecule has 0 saturated carbocycles. The zero-order valence-electron chi connectivity index (χ0n) is 11.5. The van der Waals surface area contributed by atoms with E-state index in [-0.39, 0.29) is 12.4 Å². The first-order chi connectivity index (χ1) is 9.94. The molecule has 0 N–H and O–H groups in total. The lowest BCUT2D eigenvalue weighted by Gasteiger charge is -2.08. The van der Waals surface area contributed by atoms with E-state index < -0.39 is 10.1 Å². The van der Waals surface area contributed by atoms with Gasteiger partial charge in [0.15, 0.2) is 0 Å². The molecule has 0 heterocycles. The minimum Gasteiger partial charge on any atom is -0.265 e. The molecule has 0 aliphatic carbocycles. The van der Waals surface area contributed by atoms with Crippen molar-refractivity contribution in [3.05, 3.63) is 71.5 Å². The first kappa shape index (κ1) is 15.4. The van der Waals surface area contributed by atoms with Gasteiger partial charge in [0.25, 0.3) is 10.1 Å². The maximum absolute atomic E-state index is 13.0. The summed E-state index contributed by atoms with van der Waals surface area (Å²) in [4.78, 5) is 0. The summed E-state index contributed by atoms with van der Waals surface area (Å²) < 4.78 is 40.2. The highest BCUT2D eigenvalue weighted by Crippen LogP contribution is 2.20. The van der Waals surface area contributed by atoms with Crippen LogP contribution in [-0.4, -0.2) is 21.3 Å². The van der Waals surface area contributed by atoms with Gasteiger partial charge in [-0.3, -0.25) is 4.18 Å². The van der Waals surface area contributed by atoms with E-state index in [0.717, 1.165) is 11.8 Å². The Labute approximate surface area is 123 Å². The third-order valence-electron chi connectivity index (χ3n) is 2.78. The minimum atomic E-state index is -3.54. The molecule has 2 aromatic rings. The molecule has 0 aliphatic heterocycles. The molecule has 0 bridgehead atoms.